The highest BCUT2D eigenvalue weighted by atomic mass is 16.3. The van der Waals surface area contributed by atoms with Crippen molar-refractivity contribution in [2.75, 3.05) is 6.54 Å². The highest BCUT2D eigenvalue weighted by molar-refractivity contribution is 5.79. The van der Waals surface area contributed by atoms with E-state index in [1.807, 2.05) is 0 Å². The van der Waals surface area contributed by atoms with E-state index in [-0.39, 0.29) is 17.2 Å². The molecule has 0 saturated heterocycles. The van der Waals surface area contributed by atoms with Gasteiger partial charge in [-0.05, 0) is 31.1 Å². The van der Waals surface area contributed by atoms with Crippen LogP contribution >= 0.6 is 0 Å². The minimum absolute atomic E-state index is 0.109. The van der Waals surface area contributed by atoms with Crippen molar-refractivity contribution in [2.45, 2.75) is 77.2 Å². The molecule has 1 atom stereocenters. The summed E-state index contributed by atoms with van der Waals surface area (Å²) in [6.45, 7) is 4.84. The largest absolute Gasteiger partial charge is 0.388 e. The lowest BCUT2D eigenvalue weighted by Gasteiger charge is -2.38. The van der Waals surface area contributed by atoms with Crippen molar-refractivity contribution in [3.05, 3.63) is 0 Å². The normalized spacial score (nSPS) is 29.7. The predicted octanol–water partition coefficient (Wildman–Crippen LogP) is 3.01. The molecular weight excluding hydrogens is 238 g/mol. The van der Waals surface area contributed by atoms with Gasteiger partial charge < -0.3 is 10.4 Å². The van der Waals surface area contributed by atoms with Gasteiger partial charge in [0.15, 0.2) is 0 Å². The van der Waals surface area contributed by atoms with Gasteiger partial charge >= 0.3 is 0 Å². The predicted molar refractivity (Wildman–Crippen MR) is 76.8 cm³/mol. The van der Waals surface area contributed by atoms with E-state index in [2.05, 4.69) is 19.2 Å². The summed E-state index contributed by atoms with van der Waals surface area (Å²) in [6, 6.07) is 0. The molecule has 2 aliphatic carbocycles. The maximum atomic E-state index is 12.4. The Labute approximate surface area is 117 Å². The highest BCUT2D eigenvalue weighted by Crippen LogP contribution is 2.40. The van der Waals surface area contributed by atoms with E-state index >= 15 is 0 Å². The lowest BCUT2D eigenvalue weighted by Crippen LogP contribution is -2.48. The second kappa shape index (κ2) is 5.82. The summed E-state index contributed by atoms with van der Waals surface area (Å²) < 4.78 is 0. The van der Waals surface area contributed by atoms with Crippen LogP contribution in [0.5, 0.6) is 0 Å². The third-order valence-electron chi connectivity index (χ3n) is 5.20. The highest BCUT2D eigenvalue weighted by Gasteiger charge is 2.38. The van der Waals surface area contributed by atoms with E-state index in [1.165, 1.54) is 12.8 Å². The van der Waals surface area contributed by atoms with Crippen molar-refractivity contribution in [3.63, 3.8) is 0 Å². The monoisotopic (exact) mass is 267 g/mol. The molecule has 1 unspecified atom stereocenters. The first-order valence-electron chi connectivity index (χ1n) is 7.93. The maximum absolute atomic E-state index is 12.4. The third-order valence-corrected chi connectivity index (χ3v) is 5.20. The van der Waals surface area contributed by atoms with Gasteiger partial charge in [0.1, 0.15) is 0 Å². The fourth-order valence-electron chi connectivity index (χ4n) is 3.74. The number of aliphatic hydroxyl groups is 1. The summed E-state index contributed by atoms with van der Waals surface area (Å²) in [5.41, 5.74) is -0.537. The smallest absolute Gasteiger partial charge is 0.223 e. The molecule has 19 heavy (non-hydrogen) atoms. The molecule has 110 valence electrons. The van der Waals surface area contributed by atoms with Gasteiger partial charge in [0.25, 0.3) is 0 Å². The zero-order chi connectivity index (χ0) is 13.9. The molecule has 0 aromatic rings. The molecule has 2 saturated carbocycles. The first kappa shape index (κ1) is 14.8. The molecular formula is C16H29NO2. The second-order valence-corrected chi connectivity index (χ2v) is 7.29. The molecule has 0 radical (unpaired) electrons. The summed E-state index contributed by atoms with van der Waals surface area (Å²) in [7, 11) is 0. The number of carbonyl (C=O) groups is 1. The number of amides is 1. The number of carbonyl (C=O) groups excluding carboxylic acids is 1. The van der Waals surface area contributed by atoms with Crippen LogP contribution in [0, 0.1) is 11.3 Å². The van der Waals surface area contributed by atoms with Crippen LogP contribution in [0.3, 0.4) is 0 Å². The average molecular weight is 267 g/mol. The second-order valence-electron chi connectivity index (χ2n) is 7.29. The summed E-state index contributed by atoms with van der Waals surface area (Å²) in [5.74, 6) is 0.275. The Morgan fingerprint density at radius 3 is 2.37 bits per heavy atom. The van der Waals surface area contributed by atoms with Crippen molar-refractivity contribution in [3.8, 4) is 0 Å². The van der Waals surface area contributed by atoms with Crippen molar-refractivity contribution in [1.82, 2.24) is 5.32 Å². The van der Waals surface area contributed by atoms with Gasteiger partial charge in [-0.3, -0.25) is 4.79 Å². The zero-order valence-corrected chi connectivity index (χ0v) is 12.5. The minimum Gasteiger partial charge on any atom is -0.388 e. The number of hydrogen-bond acceptors (Lipinski definition) is 2. The first-order chi connectivity index (χ1) is 8.93. The van der Waals surface area contributed by atoms with E-state index in [9.17, 15) is 9.90 Å². The van der Waals surface area contributed by atoms with E-state index in [4.69, 9.17) is 0 Å². The number of nitrogens with one attached hydrogen (secondary N) is 1. The molecule has 2 rings (SSSR count). The molecule has 0 aliphatic heterocycles. The van der Waals surface area contributed by atoms with Gasteiger partial charge in [0.05, 0.1) is 5.60 Å². The summed E-state index contributed by atoms with van der Waals surface area (Å²) in [6.07, 6.45) is 9.58. The average Bonchev–Trinajstić information content (AvgIpc) is 2.36. The van der Waals surface area contributed by atoms with Crippen LogP contribution in [0.4, 0.5) is 0 Å². The van der Waals surface area contributed by atoms with Gasteiger partial charge in [0.2, 0.25) is 5.91 Å². The summed E-state index contributed by atoms with van der Waals surface area (Å²) in [5, 5.41) is 13.5. The van der Waals surface area contributed by atoms with E-state index < -0.39 is 5.60 Å². The molecule has 0 heterocycles. The van der Waals surface area contributed by atoms with Crippen molar-refractivity contribution in [2.24, 2.45) is 11.3 Å². The topological polar surface area (TPSA) is 49.3 Å². The van der Waals surface area contributed by atoms with Crippen LogP contribution in [0.15, 0.2) is 0 Å². The number of rotatable bonds is 3. The Kier molecular flexibility index (Phi) is 4.54. The lowest BCUT2D eigenvalue weighted by atomic mass is 9.68. The molecule has 0 spiro atoms. The fraction of sp³-hybridized carbons (Fsp3) is 0.938. The quantitative estimate of drug-likeness (QED) is 0.826. The first-order valence-corrected chi connectivity index (χ1v) is 7.93. The molecule has 1 amide bonds. The van der Waals surface area contributed by atoms with E-state index in [0.717, 1.165) is 44.9 Å². The van der Waals surface area contributed by atoms with Crippen LogP contribution in [0.2, 0.25) is 0 Å². The van der Waals surface area contributed by atoms with Crippen molar-refractivity contribution >= 4 is 5.91 Å². The van der Waals surface area contributed by atoms with Gasteiger partial charge in [-0.1, -0.05) is 46.0 Å². The Balaban J connectivity index is 1.86. The Hall–Kier alpha value is -0.570. The Morgan fingerprint density at radius 1 is 1.11 bits per heavy atom. The van der Waals surface area contributed by atoms with Crippen LogP contribution in [-0.4, -0.2) is 23.2 Å². The van der Waals surface area contributed by atoms with Crippen LogP contribution < -0.4 is 5.32 Å². The lowest BCUT2D eigenvalue weighted by molar-refractivity contribution is -0.131. The van der Waals surface area contributed by atoms with Gasteiger partial charge in [0, 0.05) is 12.5 Å². The minimum atomic E-state index is -0.646. The zero-order valence-electron chi connectivity index (χ0n) is 12.5. The van der Waals surface area contributed by atoms with E-state index in [0.29, 0.717) is 6.54 Å². The van der Waals surface area contributed by atoms with Gasteiger partial charge in [-0.25, -0.2) is 0 Å². The molecule has 2 fully saturated rings. The Morgan fingerprint density at radius 2 is 1.74 bits per heavy atom. The molecule has 2 N–H and O–H groups in total. The van der Waals surface area contributed by atoms with Crippen LogP contribution in [-0.2, 0) is 4.79 Å². The fourth-order valence-corrected chi connectivity index (χ4v) is 3.74. The molecule has 0 aromatic carbocycles. The molecule has 0 aromatic heterocycles. The van der Waals surface area contributed by atoms with Gasteiger partial charge in [-0.15, -0.1) is 0 Å². The van der Waals surface area contributed by atoms with Crippen molar-refractivity contribution in [1.29, 1.82) is 0 Å². The molecule has 2 aliphatic rings. The van der Waals surface area contributed by atoms with Crippen LogP contribution in [0.25, 0.3) is 0 Å². The van der Waals surface area contributed by atoms with Crippen molar-refractivity contribution < 1.29 is 9.90 Å². The number of hydrogen-bond donors (Lipinski definition) is 2. The van der Waals surface area contributed by atoms with Crippen LogP contribution in [0.1, 0.15) is 71.6 Å². The standard InChI is InChI=1S/C16H29NO2/c1-15(2)9-7-4-8-13(15)14(18)17-12-16(19)10-5-3-6-11-16/h13,19H,3-12H2,1-2H3,(H,17,18). The summed E-state index contributed by atoms with van der Waals surface area (Å²) in [4.78, 5) is 12.4. The molecule has 0 bridgehead atoms. The van der Waals surface area contributed by atoms with Gasteiger partial charge in [-0.2, -0.15) is 0 Å². The molecule has 3 heteroatoms. The van der Waals surface area contributed by atoms with E-state index in [1.54, 1.807) is 0 Å². The maximum Gasteiger partial charge on any atom is 0.223 e. The Bertz CT molecular complexity index is 319. The third kappa shape index (κ3) is 3.71. The molecule has 3 nitrogen and oxygen atoms in total. The summed E-state index contributed by atoms with van der Waals surface area (Å²) >= 11 is 0. The SMILES string of the molecule is CC1(C)CCCCC1C(=O)NCC1(O)CCCCC1.